The molecule has 0 rings (SSSR count). The Morgan fingerprint density at radius 1 is 1.18 bits per heavy atom. The van der Waals surface area contributed by atoms with Crippen molar-refractivity contribution >= 4 is 37.2 Å². The number of thiocarbonyl (C=S) groups is 1. The first-order valence-electron chi connectivity index (χ1n) is 5.59. The van der Waals surface area contributed by atoms with Gasteiger partial charge in [-0.15, -0.1) is 0 Å². The summed E-state index contributed by atoms with van der Waals surface area (Å²) in [5, 5.41) is 0. The second-order valence-corrected chi connectivity index (χ2v) is 8.13. The van der Waals surface area contributed by atoms with E-state index in [1.807, 2.05) is 0 Å². The van der Waals surface area contributed by atoms with Crippen LogP contribution >= 0.6 is 24.0 Å². The average Bonchev–Trinajstić information content (AvgIpc) is 2.37. The summed E-state index contributed by atoms with van der Waals surface area (Å²) >= 11 is 6.62. The highest BCUT2D eigenvalue weighted by Gasteiger charge is 2.36. The largest absolute Gasteiger partial charge is 0.500 e. The van der Waals surface area contributed by atoms with Gasteiger partial charge in [0.15, 0.2) is 0 Å². The minimum atomic E-state index is -2.41. The molecule has 0 spiro atoms. The van der Waals surface area contributed by atoms with Crippen molar-refractivity contribution in [3.8, 4) is 0 Å². The molecule has 0 bridgehead atoms. The topological polar surface area (TPSA) is 36.9 Å². The molecule has 17 heavy (non-hydrogen) atoms. The summed E-state index contributed by atoms with van der Waals surface area (Å²) in [6.07, 6.45) is 1.91. The van der Waals surface area contributed by atoms with Crippen molar-refractivity contribution < 1.29 is 18.0 Å². The molecule has 0 saturated heterocycles. The molecule has 0 aromatic carbocycles. The van der Waals surface area contributed by atoms with Gasteiger partial charge in [0.1, 0.15) is 0 Å². The van der Waals surface area contributed by atoms with Crippen LogP contribution in [0.2, 0.25) is 6.04 Å². The molecule has 7 heteroatoms. The third-order valence-electron chi connectivity index (χ3n) is 2.20. The van der Waals surface area contributed by atoms with E-state index in [9.17, 15) is 0 Å². The van der Waals surface area contributed by atoms with Crippen LogP contribution in [0.4, 0.5) is 0 Å². The summed E-state index contributed by atoms with van der Waals surface area (Å²) < 4.78 is 21.9. The lowest BCUT2D eigenvalue weighted by molar-refractivity contribution is 0.123. The van der Waals surface area contributed by atoms with Gasteiger partial charge in [0, 0.05) is 33.1 Å². The highest BCUT2D eigenvalue weighted by molar-refractivity contribution is 8.22. The summed E-state index contributed by atoms with van der Waals surface area (Å²) in [6.45, 7) is 2.75. The van der Waals surface area contributed by atoms with Gasteiger partial charge in [0.2, 0.25) is 4.38 Å². The first kappa shape index (κ1) is 17.3. The molecule has 102 valence electrons. The molecule has 0 unspecified atom stereocenters. The fourth-order valence-corrected chi connectivity index (χ4v) is 4.16. The van der Waals surface area contributed by atoms with Crippen LogP contribution in [-0.2, 0) is 18.0 Å². The van der Waals surface area contributed by atoms with Crippen molar-refractivity contribution in [1.29, 1.82) is 0 Å². The highest BCUT2D eigenvalue weighted by Crippen LogP contribution is 2.18. The van der Waals surface area contributed by atoms with Crippen LogP contribution in [-0.4, -0.2) is 46.9 Å². The number of hydrogen-bond donors (Lipinski definition) is 0. The normalized spacial score (nSPS) is 11.5. The molecule has 4 nitrogen and oxygen atoms in total. The van der Waals surface area contributed by atoms with E-state index in [4.69, 9.17) is 30.2 Å². The molecular formula is C10H22O4S2Si. The molecule has 0 N–H and O–H groups in total. The second-order valence-electron chi connectivity index (χ2n) is 3.35. The second kappa shape index (κ2) is 10.3. The molecule has 0 fully saturated rings. The predicted octanol–water partition coefficient (Wildman–Crippen LogP) is 2.70. The van der Waals surface area contributed by atoms with Gasteiger partial charge in [-0.2, -0.15) is 0 Å². The maximum atomic E-state index is 5.33. The smallest absolute Gasteiger partial charge is 0.479 e. The molecule has 0 saturated carbocycles. The number of rotatable bonds is 9. The monoisotopic (exact) mass is 298 g/mol. The van der Waals surface area contributed by atoms with E-state index in [-0.39, 0.29) is 0 Å². The fraction of sp³-hybridized carbons (Fsp3) is 0.900. The van der Waals surface area contributed by atoms with Crippen molar-refractivity contribution in [3.63, 3.8) is 0 Å². The van der Waals surface area contributed by atoms with Crippen molar-refractivity contribution in [3.05, 3.63) is 0 Å². The van der Waals surface area contributed by atoms with Gasteiger partial charge in [-0.3, -0.25) is 0 Å². The van der Waals surface area contributed by atoms with E-state index < -0.39 is 8.80 Å². The lowest BCUT2D eigenvalue weighted by atomic mass is 10.5. The van der Waals surface area contributed by atoms with Crippen molar-refractivity contribution in [2.24, 2.45) is 0 Å². The first-order chi connectivity index (χ1) is 8.14. The van der Waals surface area contributed by atoms with Crippen LogP contribution in [0.3, 0.4) is 0 Å². The summed E-state index contributed by atoms with van der Waals surface area (Å²) in [7, 11) is 2.47. The van der Waals surface area contributed by atoms with E-state index in [1.54, 1.807) is 33.1 Å². The van der Waals surface area contributed by atoms with Crippen LogP contribution in [0.1, 0.15) is 19.8 Å². The molecule has 0 aliphatic rings. The zero-order valence-corrected chi connectivity index (χ0v) is 13.6. The van der Waals surface area contributed by atoms with E-state index in [1.165, 1.54) is 0 Å². The number of hydrogen-bond acceptors (Lipinski definition) is 6. The zero-order valence-electron chi connectivity index (χ0n) is 11.0. The minimum Gasteiger partial charge on any atom is -0.479 e. The Hall–Kier alpha value is 0.337. The Morgan fingerprint density at radius 3 is 2.24 bits per heavy atom. The van der Waals surface area contributed by atoms with Crippen LogP contribution < -0.4 is 0 Å². The Bertz CT molecular complexity index is 204. The summed E-state index contributed by atoms with van der Waals surface area (Å²) in [4.78, 5) is 0. The van der Waals surface area contributed by atoms with Crippen LogP contribution in [0.25, 0.3) is 0 Å². The SMILES string of the molecule is CCCOC(=S)SCCC[Si](OC)(OC)OC. The van der Waals surface area contributed by atoms with Gasteiger partial charge in [-0.1, -0.05) is 18.7 Å². The Kier molecular flexibility index (Phi) is 10.5. The minimum absolute atomic E-state index is 0.617. The molecule has 0 aromatic heterocycles. The maximum Gasteiger partial charge on any atom is 0.500 e. The first-order valence-corrected chi connectivity index (χ1v) is 8.91. The predicted molar refractivity (Wildman–Crippen MR) is 77.5 cm³/mol. The fourth-order valence-electron chi connectivity index (χ4n) is 1.23. The Balaban J connectivity index is 3.71. The van der Waals surface area contributed by atoms with Gasteiger partial charge in [0.25, 0.3) is 0 Å². The molecule has 0 aliphatic carbocycles. The van der Waals surface area contributed by atoms with E-state index in [0.717, 1.165) is 24.6 Å². The van der Waals surface area contributed by atoms with Gasteiger partial charge >= 0.3 is 8.80 Å². The van der Waals surface area contributed by atoms with Gasteiger partial charge in [-0.05, 0) is 25.1 Å². The highest BCUT2D eigenvalue weighted by atomic mass is 32.2. The molecule has 0 atom stereocenters. The lowest BCUT2D eigenvalue weighted by Crippen LogP contribution is -2.42. The summed E-state index contributed by atoms with van der Waals surface area (Å²) in [6, 6.07) is 0.792. The standard InChI is InChI=1S/C10H22O4S2Si/c1-5-7-14-10(15)16-8-6-9-17(11-2,12-3)13-4/h5-9H2,1-4H3. The maximum absolute atomic E-state index is 5.33. The third kappa shape index (κ3) is 7.38. The van der Waals surface area contributed by atoms with Crippen molar-refractivity contribution in [2.75, 3.05) is 33.7 Å². The quantitative estimate of drug-likeness (QED) is 0.370. The molecule has 0 aromatic rings. The third-order valence-corrected chi connectivity index (χ3v) is 6.35. The Morgan fingerprint density at radius 2 is 1.76 bits per heavy atom. The molecule has 0 heterocycles. The van der Waals surface area contributed by atoms with Gasteiger partial charge < -0.3 is 18.0 Å². The van der Waals surface area contributed by atoms with Crippen LogP contribution in [0.15, 0.2) is 0 Å². The van der Waals surface area contributed by atoms with E-state index in [2.05, 4.69) is 6.92 Å². The van der Waals surface area contributed by atoms with Crippen LogP contribution in [0, 0.1) is 0 Å². The van der Waals surface area contributed by atoms with E-state index >= 15 is 0 Å². The average molecular weight is 299 g/mol. The van der Waals surface area contributed by atoms with E-state index in [0.29, 0.717) is 11.0 Å². The molecular weight excluding hydrogens is 276 g/mol. The van der Waals surface area contributed by atoms with Crippen LogP contribution in [0.5, 0.6) is 0 Å². The van der Waals surface area contributed by atoms with Crippen molar-refractivity contribution in [1.82, 2.24) is 0 Å². The lowest BCUT2D eigenvalue weighted by Gasteiger charge is -2.24. The molecule has 0 radical (unpaired) electrons. The zero-order chi connectivity index (χ0) is 13.1. The summed E-state index contributed by atoms with van der Waals surface area (Å²) in [5.41, 5.74) is 0. The van der Waals surface area contributed by atoms with Gasteiger partial charge in [0.05, 0.1) is 6.61 Å². The number of ether oxygens (including phenoxy) is 1. The Labute approximate surface area is 115 Å². The van der Waals surface area contributed by atoms with Crippen molar-refractivity contribution in [2.45, 2.75) is 25.8 Å². The molecule has 0 aliphatic heterocycles. The molecule has 0 amide bonds. The van der Waals surface area contributed by atoms with Gasteiger partial charge in [-0.25, -0.2) is 0 Å². The summed E-state index contributed by atoms with van der Waals surface area (Å²) in [5.74, 6) is 0.896. The number of thioether (sulfide) groups is 1.